The van der Waals surface area contributed by atoms with Crippen LogP contribution in [0.15, 0.2) is 66.7 Å². The van der Waals surface area contributed by atoms with Gasteiger partial charge >= 0.3 is 6.03 Å². The van der Waals surface area contributed by atoms with E-state index in [1.165, 1.54) is 17.0 Å². The summed E-state index contributed by atoms with van der Waals surface area (Å²) in [7, 11) is 0. The zero-order chi connectivity index (χ0) is 24.7. The molecule has 2 heterocycles. The van der Waals surface area contributed by atoms with Crippen molar-refractivity contribution in [2.45, 2.75) is 18.0 Å². The maximum absolute atomic E-state index is 14.0. The number of anilines is 1. The van der Waals surface area contributed by atoms with Crippen molar-refractivity contribution in [1.29, 1.82) is 0 Å². The second kappa shape index (κ2) is 9.07. The minimum atomic E-state index is -0.784. The van der Waals surface area contributed by atoms with E-state index in [1.54, 1.807) is 17.0 Å². The van der Waals surface area contributed by atoms with Crippen molar-refractivity contribution in [3.8, 4) is 11.1 Å². The number of nitrogens with zero attached hydrogens (tertiary/aromatic N) is 2. The Morgan fingerprint density at radius 2 is 1.57 bits per heavy atom. The van der Waals surface area contributed by atoms with Crippen LogP contribution in [-0.4, -0.2) is 58.6 Å². The first kappa shape index (κ1) is 22.9. The third kappa shape index (κ3) is 4.23. The lowest BCUT2D eigenvalue weighted by Gasteiger charge is -2.58. The molecule has 0 radical (unpaired) electrons. The number of carbonyl (C=O) groups is 2. The van der Waals surface area contributed by atoms with Gasteiger partial charge in [-0.15, -0.1) is 0 Å². The van der Waals surface area contributed by atoms with Crippen LogP contribution in [-0.2, 0) is 4.79 Å². The summed E-state index contributed by atoms with van der Waals surface area (Å²) in [6, 6.07) is 15.0. The van der Waals surface area contributed by atoms with Crippen molar-refractivity contribution in [2.24, 2.45) is 0 Å². The molecule has 2 aliphatic heterocycles. The largest absolute Gasteiger partial charge is 0.394 e. The summed E-state index contributed by atoms with van der Waals surface area (Å²) >= 11 is 0. The maximum Gasteiger partial charge on any atom is 0.322 e. The van der Waals surface area contributed by atoms with E-state index in [0.29, 0.717) is 0 Å². The molecule has 3 amide bonds. The van der Waals surface area contributed by atoms with Gasteiger partial charge < -0.3 is 20.2 Å². The number of aliphatic hydroxyl groups excluding tert-OH is 1. The van der Waals surface area contributed by atoms with Gasteiger partial charge in [-0.1, -0.05) is 36.4 Å². The number of benzene rings is 3. The van der Waals surface area contributed by atoms with Crippen LogP contribution in [0.25, 0.3) is 11.1 Å². The SMILES string of the molecule is O=C(Nc1cc(F)ccc1F)N1CC(=O)N2[C@H](CO)[C@H](c3ccc(-c4ccc(F)cc4)cc3)[C@@H]2C1. The van der Waals surface area contributed by atoms with Gasteiger partial charge in [0, 0.05) is 18.5 Å². The van der Waals surface area contributed by atoms with Crippen molar-refractivity contribution in [2.75, 3.05) is 25.0 Å². The third-order valence-electron chi connectivity index (χ3n) is 6.68. The standard InChI is InChI=1S/C26H22F3N3O3/c27-18-7-5-16(6-8-18)15-1-3-17(4-2-15)25-22-12-31(13-24(34)32(22)23(25)14-33)26(35)30-21-11-19(28)9-10-20(21)29/h1-11,22-23,25,33H,12-14H2,(H,30,35)/t22-,23+,25+/m0/s1. The van der Waals surface area contributed by atoms with Gasteiger partial charge in [0.2, 0.25) is 5.91 Å². The number of halogens is 3. The molecule has 6 nitrogen and oxygen atoms in total. The van der Waals surface area contributed by atoms with E-state index in [0.717, 1.165) is 34.9 Å². The van der Waals surface area contributed by atoms with Crippen LogP contribution in [0, 0.1) is 17.5 Å². The van der Waals surface area contributed by atoms with Gasteiger partial charge in [0.25, 0.3) is 0 Å². The first-order valence-corrected chi connectivity index (χ1v) is 11.1. The molecule has 5 rings (SSSR count). The van der Waals surface area contributed by atoms with Crippen molar-refractivity contribution in [1.82, 2.24) is 9.80 Å². The highest BCUT2D eigenvalue weighted by Crippen LogP contribution is 2.43. The topological polar surface area (TPSA) is 72.9 Å². The summed E-state index contributed by atoms with van der Waals surface area (Å²) in [5.74, 6) is -2.34. The molecule has 0 saturated carbocycles. The van der Waals surface area contributed by atoms with Gasteiger partial charge in [0.1, 0.15) is 24.0 Å². The lowest BCUT2D eigenvalue weighted by atomic mass is 9.73. The second-order valence-corrected chi connectivity index (χ2v) is 8.71. The lowest BCUT2D eigenvalue weighted by molar-refractivity contribution is -0.159. The number of urea groups is 1. The maximum atomic E-state index is 14.0. The minimum Gasteiger partial charge on any atom is -0.394 e. The molecule has 3 atom stereocenters. The summed E-state index contributed by atoms with van der Waals surface area (Å²) < 4.78 is 40.6. The van der Waals surface area contributed by atoms with Crippen molar-refractivity contribution >= 4 is 17.6 Å². The molecular weight excluding hydrogens is 459 g/mol. The Bertz CT molecular complexity index is 1270. The van der Waals surface area contributed by atoms with E-state index in [4.69, 9.17) is 0 Å². The summed E-state index contributed by atoms with van der Waals surface area (Å²) in [5, 5.41) is 12.3. The van der Waals surface area contributed by atoms with E-state index in [-0.39, 0.29) is 49.1 Å². The molecule has 35 heavy (non-hydrogen) atoms. The van der Waals surface area contributed by atoms with E-state index < -0.39 is 23.7 Å². The fourth-order valence-electron chi connectivity index (χ4n) is 4.98. The third-order valence-corrected chi connectivity index (χ3v) is 6.68. The number of amides is 3. The van der Waals surface area contributed by atoms with Crippen molar-refractivity contribution in [3.05, 3.63) is 89.7 Å². The molecule has 3 aromatic carbocycles. The van der Waals surface area contributed by atoms with E-state index in [2.05, 4.69) is 5.32 Å². The molecule has 2 aliphatic rings. The Hall–Kier alpha value is -3.85. The van der Waals surface area contributed by atoms with Crippen LogP contribution in [0.2, 0.25) is 0 Å². The predicted molar refractivity (Wildman–Crippen MR) is 123 cm³/mol. The summed E-state index contributed by atoms with van der Waals surface area (Å²) in [6.45, 7) is -0.283. The molecule has 2 saturated heterocycles. The Morgan fingerprint density at radius 3 is 2.23 bits per heavy atom. The van der Waals surface area contributed by atoms with Crippen LogP contribution in [0.1, 0.15) is 11.5 Å². The number of nitrogens with one attached hydrogen (secondary N) is 1. The number of carbonyl (C=O) groups excluding carboxylic acids is 2. The molecule has 3 aromatic rings. The van der Waals surface area contributed by atoms with Crippen LogP contribution in [0.5, 0.6) is 0 Å². The van der Waals surface area contributed by atoms with Crippen LogP contribution in [0.3, 0.4) is 0 Å². The zero-order valence-corrected chi connectivity index (χ0v) is 18.5. The normalized spacial score (nSPS) is 21.4. The molecule has 9 heteroatoms. The Morgan fingerprint density at radius 1 is 0.943 bits per heavy atom. The van der Waals surface area contributed by atoms with E-state index in [9.17, 15) is 27.9 Å². The second-order valence-electron chi connectivity index (χ2n) is 8.71. The Labute approximate surface area is 199 Å². The monoisotopic (exact) mass is 481 g/mol. The molecule has 0 unspecified atom stereocenters. The first-order valence-electron chi connectivity index (χ1n) is 11.1. The lowest BCUT2D eigenvalue weighted by Crippen LogP contribution is -2.73. The molecule has 2 fully saturated rings. The quantitative estimate of drug-likeness (QED) is 0.592. The molecule has 0 aliphatic carbocycles. The van der Waals surface area contributed by atoms with Crippen molar-refractivity contribution < 1.29 is 27.9 Å². The number of piperazine rings is 1. The highest BCUT2D eigenvalue weighted by atomic mass is 19.1. The van der Waals surface area contributed by atoms with Crippen LogP contribution >= 0.6 is 0 Å². The molecular formula is C26H22F3N3O3. The summed E-state index contributed by atoms with van der Waals surface area (Å²) in [6.07, 6.45) is 0. The van der Waals surface area contributed by atoms with Crippen LogP contribution in [0.4, 0.5) is 23.7 Å². The van der Waals surface area contributed by atoms with Gasteiger partial charge in [-0.05, 0) is 41.0 Å². The highest BCUT2D eigenvalue weighted by molar-refractivity contribution is 5.94. The first-order chi connectivity index (χ1) is 16.9. The average molecular weight is 481 g/mol. The van der Waals surface area contributed by atoms with Gasteiger partial charge in [-0.25, -0.2) is 18.0 Å². The average Bonchev–Trinajstić information content (AvgIpc) is 2.83. The van der Waals surface area contributed by atoms with Gasteiger partial charge in [0.15, 0.2) is 0 Å². The Kier molecular flexibility index (Phi) is 5.94. The number of aliphatic hydroxyl groups is 1. The van der Waals surface area contributed by atoms with E-state index in [1.807, 2.05) is 24.3 Å². The fraction of sp³-hybridized carbons (Fsp3) is 0.231. The fourth-order valence-corrected chi connectivity index (χ4v) is 4.98. The molecule has 0 bridgehead atoms. The van der Waals surface area contributed by atoms with Crippen molar-refractivity contribution in [3.63, 3.8) is 0 Å². The van der Waals surface area contributed by atoms with Gasteiger partial charge in [0.05, 0.1) is 24.4 Å². The van der Waals surface area contributed by atoms with Gasteiger partial charge in [-0.3, -0.25) is 4.79 Å². The molecule has 2 N–H and O–H groups in total. The highest BCUT2D eigenvalue weighted by Gasteiger charge is 2.54. The molecule has 180 valence electrons. The number of rotatable bonds is 4. The predicted octanol–water partition coefficient (Wildman–Crippen LogP) is 3.97. The summed E-state index contributed by atoms with van der Waals surface area (Å²) in [4.78, 5) is 28.4. The zero-order valence-electron chi connectivity index (χ0n) is 18.5. The minimum absolute atomic E-state index is 0.176. The molecule has 0 aromatic heterocycles. The smallest absolute Gasteiger partial charge is 0.322 e. The summed E-state index contributed by atoms with van der Waals surface area (Å²) in [5.41, 5.74) is 2.33. The number of hydrogen-bond acceptors (Lipinski definition) is 3. The number of hydrogen-bond donors (Lipinski definition) is 2. The van der Waals surface area contributed by atoms with E-state index >= 15 is 0 Å². The number of fused-ring (bicyclic) bond motifs is 1. The Balaban J connectivity index is 1.34. The van der Waals surface area contributed by atoms with Crippen LogP contribution < -0.4 is 5.32 Å². The van der Waals surface area contributed by atoms with Gasteiger partial charge in [-0.2, -0.15) is 0 Å². The molecule has 0 spiro atoms.